The third-order valence-electron chi connectivity index (χ3n) is 1.24. The Morgan fingerprint density at radius 1 is 1.73 bits per heavy atom. The van der Waals surface area contributed by atoms with Crippen LogP contribution in [0.5, 0.6) is 0 Å². The lowest BCUT2D eigenvalue weighted by Gasteiger charge is -1.98. The lowest BCUT2D eigenvalue weighted by atomic mass is 10.3. The molecule has 0 saturated heterocycles. The zero-order chi connectivity index (χ0) is 8.43. The van der Waals surface area contributed by atoms with Gasteiger partial charge in [-0.05, 0) is 0 Å². The van der Waals surface area contributed by atoms with E-state index in [1.165, 1.54) is 7.05 Å². The lowest BCUT2D eigenvalue weighted by molar-refractivity contribution is 0.140. The van der Waals surface area contributed by atoms with Gasteiger partial charge in [0.1, 0.15) is 23.5 Å². The number of aromatic nitrogens is 2. The Morgan fingerprint density at radius 2 is 2.36 bits per heavy atom. The predicted molar refractivity (Wildman–Crippen MR) is 31.7 cm³/mol. The van der Waals surface area contributed by atoms with Crippen LogP contribution in [0.2, 0.25) is 0 Å². The van der Waals surface area contributed by atoms with E-state index in [4.69, 9.17) is 5.26 Å². The van der Waals surface area contributed by atoms with Crippen molar-refractivity contribution in [2.45, 2.75) is 6.43 Å². The molecule has 0 unspecified atom stereocenters. The topological polar surface area (TPSA) is 41.6 Å². The van der Waals surface area contributed by atoms with Crippen molar-refractivity contribution in [3.63, 3.8) is 0 Å². The minimum atomic E-state index is -2.67. The molecule has 0 fully saturated rings. The van der Waals surface area contributed by atoms with Crippen LogP contribution in [0.1, 0.15) is 17.7 Å². The molecule has 0 spiro atoms. The summed E-state index contributed by atoms with van der Waals surface area (Å²) in [6, 6.07) is 1.58. The molecule has 0 saturated carbocycles. The highest BCUT2D eigenvalue weighted by Gasteiger charge is 2.17. The van der Waals surface area contributed by atoms with Crippen molar-refractivity contribution in [2.24, 2.45) is 7.05 Å². The lowest BCUT2D eigenvalue weighted by Crippen LogP contribution is -1.99. The molecule has 0 aromatic carbocycles. The van der Waals surface area contributed by atoms with Crippen molar-refractivity contribution in [3.8, 4) is 6.07 Å². The normalized spacial score (nSPS) is 10.1. The fourth-order valence-electron chi connectivity index (χ4n) is 0.731. The van der Waals surface area contributed by atoms with Crippen LogP contribution in [0, 0.1) is 17.5 Å². The molecule has 1 rings (SSSR count). The number of halogens is 2. The summed E-state index contributed by atoms with van der Waals surface area (Å²) in [7, 11) is 1.35. The van der Waals surface area contributed by atoms with Crippen LogP contribution in [0.4, 0.5) is 8.78 Å². The van der Waals surface area contributed by atoms with E-state index in [1.807, 2.05) is 0 Å². The van der Waals surface area contributed by atoms with E-state index >= 15 is 0 Å². The number of hydrogen-bond acceptors (Lipinski definition) is 2. The first kappa shape index (κ1) is 7.66. The smallest absolute Gasteiger partial charge is 0.265 e. The molecule has 0 amide bonds. The van der Waals surface area contributed by atoms with Crippen LogP contribution in [-0.2, 0) is 7.05 Å². The molecule has 1 aromatic heterocycles. The Bertz CT molecular complexity index is 297. The van der Waals surface area contributed by atoms with Gasteiger partial charge in [-0.2, -0.15) is 10.4 Å². The third kappa shape index (κ3) is 1.19. The first-order valence-corrected chi connectivity index (χ1v) is 2.79. The first-order chi connectivity index (χ1) is 5.16. The van der Waals surface area contributed by atoms with E-state index in [9.17, 15) is 8.78 Å². The van der Waals surface area contributed by atoms with Crippen molar-refractivity contribution in [2.75, 3.05) is 0 Å². The summed E-state index contributed by atoms with van der Waals surface area (Å²) < 4.78 is 25.1. The highest BCUT2D eigenvalue weighted by Crippen LogP contribution is 2.20. The summed E-state index contributed by atoms with van der Waals surface area (Å²) in [6.45, 7) is 0. The molecule has 1 radical (unpaired) electrons. The molecule has 0 atom stereocenters. The number of aryl methyl sites for hydroxylation is 1. The largest absolute Gasteiger partial charge is 0.281 e. The second kappa shape index (κ2) is 2.66. The average molecular weight is 156 g/mol. The van der Waals surface area contributed by atoms with E-state index in [-0.39, 0.29) is 11.3 Å². The van der Waals surface area contributed by atoms with Crippen molar-refractivity contribution in [1.29, 1.82) is 5.26 Å². The van der Waals surface area contributed by atoms with Crippen LogP contribution in [0.3, 0.4) is 0 Å². The molecule has 0 aliphatic heterocycles. The van der Waals surface area contributed by atoms with E-state index < -0.39 is 6.43 Å². The monoisotopic (exact) mass is 156 g/mol. The van der Waals surface area contributed by atoms with Gasteiger partial charge in [-0.3, -0.25) is 4.68 Å². The Hall–Kier alpha value is -1.44. The zero-order valence-electron chi connectivity index (χ0n) is 5.67. The fraction of sp³-hybridized carbons (Fsp3) is 0.333. The van der Waals surface area contributed by atoms with E-state index in [1.54, 1.807) is 6.07 Å². The van der Waals surface area contributed by atoms with Crippen LogP contribution < -0.4 is 0 Å². The summed E-state index contributed by atoms with van der Waals surface area (Å²) in [5.74, 6) is 0. The average Bonchev–Trinajstić information content (AvgIpc) is 2.30. The molecule has 3 nitrogen and oxygen atoms in total. The van der Waals surface area contributed by atoms with Crippen molar-refractivity contribution < 1.29 is 8.78 Å². The van der Waals surface area contributed by atoms with Crippen LogP contribution in [0.25, 0.3) is 0 Å². The van der Waals surface area contributed by atoms with E-state index in [2.05, 4.69) is 11.3 Å². The van der Waals surface area contributed by atoms with Gasteiger partial charge >= 0.3 is 0 Å². The van der Waals surface area contributed by atoms with Crippen LogP contribution in [-0.4, -0.2) is 9.78 Å². The maximum atomic E-state index is 12.1. The number of hydrogen-bond donors (Lipinski definition) is 0. The molecule has 1 heterocycles. The molecular weight excluding hydrogens is 152 g/mol. The van der Waals surface area contributed by atoms with Gasteiger partial charge in [-0.1, -0.05) is 0 Å². The summed E-state index contributed by atoms with van der Waals surface area (Å²) >= 11 is 0. The molecule has 0 bridgehead atoms. The molecule has 0 N–H and O–H groups in total. The summed E-state index contributed by atoms with van der Waals surface area (Å²) in [5, 5.41) is 11.7. The third-order valence-corrected chi connectivity index (χ3v) is 1.24. The van der Waals surface area contributed by atoms with Crippen LogP contribution in [0.15, 0.2) is 0 Å². The number of nitriles is 1. The maximum absolute atomic E-state index is 12.1. The SMILES string of the molecule is Cn1n[c]c(C#N)c1C(F)F. The fourth-order valence-corrected chi connectivity index (χ4v) is 0.731. The highest BCUT2D eigenvalue weighted by atomic mass is 19.3. The maximum Gasteiger partial charge on any atom is 0.281 e. The Labute approximate surface area is 61.9 Å². The molecule has 0 aliphatic carbocycles. The van der Waals surface area contributed by atoms with Gasteiger partial charge in [0, 0.05) is 7.05 Å². The van der Waals surface area contributed by atoms with Gasteiger partial charge in [0.2, 0.25) is 0 Å². The molecule has 1 aromatic rings. The second-order valence-corrected chi connectivity index (χ2v) is 1.91. The summed E-state index contributed by atoms with van der Waals surface area (Å²) in [6.07, 6.45) is -0.496. The van der Waals surface area contributed by atoms with Crippen molar-refractivity contribution in [3.05, 3.63) is 17.5 Å². The van der Waals surface area contributed by atoms with Crippen molar-refractivity contribution in [1.82, 2.24) is 9.78 Å². The van der Waals surface area contributed by atoms with Gasteiger partial charge in [-0.25, -0.2) is 8.78 Å². The molecule has 5 heteroatoms. The number of alkyl halides is 2. The zero-order valence-corrected chi connectivity index (χ0v) is 5.67. The van der Waals surface area contributed by atoms with Crippen LogP contribution >= 0.6 is 0 Å². The Morgan fingerprint density at radius 3 is 2.73 bits per heavy atom. The van der Waals surface area contributed by atoms with Gasteiger partial charge in [0.05, 0.1) is 0 Å². The second-order valence-electron chi connectivity index (χ2n) is 1.91. The summed E-state index contributed by atoms with van der Waals surface area (Å²) in [5.41, 5.74) is -0.574. The predicted octanol–water partition coefficient (Wildman–Crippen LogP) is 1.03. The van der Waals surface area contributed by atoms with Gasteiger partial charge in [0.25, 0.3) is 6.43 Å². The Kier molecular flexibility index (Phi) is 1.85. The molecular formula is C6H4F2N3. The number of nitrogens with zero attached hydrogens (tertiary/aromatic N) is 3. The van der Waals surface area contributed by atoms with Gasteiger partial charge in [0.15, 0.2) is 0 Å². The first-order valence-electron chi connectivity index (χ1n) is 2.79. The quantitative estimate of drug-likeness (QED) is 0.609. The molecule has 0 aliphatic rings. The minimum Gasteiger partial charge on any atom is -0.265 e. The van der Waals surface area contributed by atoms with E-state index in [0.29, 0.717) is 0 Å². The standard InChI is InChI=1S/C6H4F2N3/c1-11-5(6(7)8)4(2-9)3-10-11/h6H,1H3. The minimum absolute atomic E-state index is 0.192. The van der Waals surface area contributed by atoms with E-state index in [0.717, 1.165) is 4.68 Å². The highest BCUT2D eigenvalue weighted by molar-refractivity contribution is 5.30. The van der Waals surface area contributed by atoms with Gasteiger partial charge in [-0.15, -0.1) is 0 Å². The van der Waals surface area contributed by atoms with Gasteiger partial charge < -0.3 is 0 Å². The van der Waals surface area contributed by atoms with Crippen molar-refractivity contribution >= 4 is 0 Å². The number of rotatable bonds is 1. The molecule has 11 heavy (non-hydrogen) atoms. The summed E-state index contributed by atoms with van der Waals surface area (Å²) in [4.78, 5) is 0. The Balaban J connectivity index is 3.21. The molecule has 57 valence electrons.